The second-order valence-electron chi connectivity index (χ2n) is 6.79. The highest BCUT2D eigenvalue weighted by molar-refractivity contribution is 7.92. The summed E-state index contributed by atoms with van der Waals surface area (Å²) < 4.78 is 25.9. The Labute approximate surface area is 156 Å². The molecule has 0 fully saturated rings. The first-order valence-electron chi connectivity index (χ1n) is 8.45. The molecule has 1 amide bonds. The Morgan fingerprint density at radius 2 is 1.46 bits per heavy atom. The van der Waals surface area contributed by atoms with Gasteiger partial charge in [0.25, 0.3) is 0 Å². The van der Waals surface area contributed by atoms with E-state index >= 15 is 0 Å². The lowest BCUT2D eigenvalue weighted by Gasteiger charge is -2.28. The van der Waals surface area contributed by atoms with E-state index in [-0.39, 0.29) is 5.91 Å². The second kappa shape index (κ2) is 7.50. The van der Waals surface area contributed by atoms with Gasteiger partial charge in [-0.15, -0.1) is 0 Å². The smallest absolute Gasteiger partial charge is 0.247 e. The molecule has 0 aromatic heterocycles. The molecule has 0 bridgehead atoms. The van der Waals surface area contributed by atoms with E-state index in [1.54, 1.807) is 19.1 Å². The molecular formula is C20H26N2O3S. The normalized spacial score (nSPS) is 12.5. The first kappa shape index (κ1) is 20.0. The molecule has 0 heterocycles. The van der Waals surface area contributed by atoms with E-state index in [9.17, 15) is 13.2 Å². The minimum Gasteiger partial charge on any atom is -0.324 e. The van der Waals surface area contributed by atoms with Gasteiger partial charge in [0.1, 0.15) is 6.04 Å². The molecular weight excluding hydrogens is 348 g/mol. The molecule has 2 aromatic rings. The van der Waals surface area contributed by atoms with Gasteiger partial charge in [0, 0.05) is 5.69 Å². The standard InChI is InChI=1S/C20H26N2O3S/c1-13-7-9-18(11-15(13)3)21-20(23)17(5)22(26(6,24)25)19-10-8-14(2)16(4)12-19/h7-12,17H,1-6H3,(H,21,23)/t17-/m0/s1. The Morgan fingerprint density at radius 3 is 1.96 bits per heavy atom. The van der Waals surface area contributed by atoms with Crippen molar-refractivity contribution in [3.63, 3.8) is 0 Å². The fourth-order valence-electron chi connectivity index (χ4n) is 2.74. The van der Waals surface area contributed by atoms with Gasteiger partial charge in [-0.25, -0.2) is 8.42 Å². The van der Waals surface area contributed by atoms with Gasteiger partial charge in [0.05, 0.1) is 11.9 Å². The molecule has 2 aromatic carbocycles. The van der Waals surface area contributed by atoms with Crippen molar-refractivity contribution >= 4 is 27.3 Å². The molecule has 0 saturated heterocycles. The number of hydrogen-bond acceptors (Lipinski definition) is 3. The number of nitrogens with zero attached hydrogens (tertiary/aromatic N) is 1. The molecule has 26 heavy (non-hydrogen) atoms. The van der Waals surface area contributed by atoms with E-state index < -0.39 is 16.1 Å². The van der Waals surface area contributed by atoms with Crippen LogP contribution in [-0.4, -0.2) is 26.6 Å². The van der Waals surface area contributed by atoms with Crippen molar-refractivity contribution < 1.29 is 13.2 Å². The van der Waals surface area contributed by atoms with Gasteiger partial charge >= 0.3 is 0 Å². The fraction of sp³-hybridized carbons (Fsp3) is 0.350. The number of aryl methyl sites for hydroxylation is 4. The van der Waals surface area contributed by atoms with E-state index in [0.29, 0.717) is 11.4 Å². The zero-order chi connectivity index (χ0) is 19.6. The largest absolute Gasteiger partial charge is 0.324 e. The van der Waals surface area contributed by atoms with Gasteiger partial charge in [-0.2, -0.15) is 0 Å². The minimum absolute atomic E-state index is 0.378. The molecule has 0 aliphatic rings. The quantitative estimate of drug-likeness (QED) is 0.867. The average Bonchev–Trinajstić information content (AvgIpc) is 2.53. The van der Waals surface area contributed by atoms with Crippen molar-refractivity contribution in [1.29, 1.82) is 0 Å². The van der Waals surface area contributed by atoms with Crippen molar-refractivity contribution in [1.82, 2.24) is 0 Å². The lowest BCUT2D eigenvalue weighted by atomic mass is 10.1. The Hall–Kier alpha value is -2.34. The third-order valence-electron chi connectivity index (χ3n) is 4.61. The number of carbonyl (C=O) groups excluding carboxylic acids is 1. The van der Waals surface area contributed by atoms with Crippen LogP contribution >= 0.6 is 0 Å². The van der Waals surface area contributed by atoms with Crippen molar-refractivity contribution in [2.75, 3.05) is 15.9 Å². The zero-order valence-electron chi connectivity index (χ0n) is 16.1. The Bertz CT molecular complexity index is 936. The van der Waals surface area contributed by atoms with Gasteiger partial charge in [-0.05, 0) is 81.1 Å². The highest BCUT2D eigenvalue weighted by atomic mass is 32.2. The highest BCUT2D eigenvalue weighted by Gasteiger charge is 2.29. The van der Waals surface area contributed by atoms with Crippen molar-refractivity contribution in [3.8, 4) is 0 Å². The Balaban J connectivity index is 2.34. The lowest BCUT2D eigenvalue weighted by molar-refractivity contribution is -0.116. The second-order valence-corrected chi connectivity index (χ2v) is 8.65. The molecule has 0 aliphatic heterocycles. The van der Waals surface area contributed by atoms with Crippen molar-refractivity contribution in [2.45, 2.75) is 40.7 Å². The maximum absolute atomic E-state index is 12.7. The Morgan fingerprint density at radius 1 is 0.923 bits per heavy atom. The third kappa shape index (κ3) is 4.43. The molecule has 0 unspecified atom stereocenters. The summed E-state index contributed by atoms with van der Waals surface area (Å²) in [5, 5.41) is 2.81. The molecule has 0 saturated carbocycles. The van der Waals surface area contributed by atoms with E-state index in [0.717, 1.165) is 32.8 Å². The van der Waals surface area contributed by atoms with Crippen LogP contribution < -0.4 is 9.62 Å². The monoisotopic (exact) mass is 374 g/mol. The maximum Gasteiger partial charge on any atom is 0.247 e. The lowest BCUT2D eigenvalue weighted by Crippen LogP contribution is -2.45. The summed E-state index contributed by atoms with van der Waals surface area (Å²) in [4.78, 5) is 12.7. The summed E-state index contributed by atoms with van der Waals surface area (Å²) in [5.74, 6) is -0.378. The SMILES string of the molecule is Cc1ccc(NC(=O)[C@H](C)N(c2ccc(C)c(C)c2)S(C)(=O)=O)cc1C. The van der Waals surface area contributed by atoms with E-state index in [4.69, 9.17) is 0 Å². The Kier molecular flexibility index (Phi) is 5.76. The zero-order valence-corrected chi connectivity index (χ0v) is 16.9. The van der Waals surface area contributed by atoms with Gasteiger partial charge in [-0.1, -0.05) is 12.1 Å². The first-order chi connectivity index (χ1) is 12.0. The van der Waals surface area contributed by atoms with Gasteiger partial charge in [-0.3, -0.25) is 9.10 Å². The van der Waals surface area contributed by atoms with Gasteiger partial charge in [0.2, 0.25) is 15.9 Å². The summed E-state index contributed by atoms with van der Waals surface area (Å²) >= 11 is 0. The molecule has 0 spiro atoms. The molecule has 6 heteroatoms. The van der Waals surface area contributed by atoms with Crippen molar-refractivity contribution in [3.05, 3.63) is 58.7 Å². The number of benzene rings is 2. The number of nitrogens with one attached hydrogen (secondary N) is 1. The van der Waals surface area contributed by atoms with Gasteiger partial charge in [0.15, 0.2) is 0 Å². The average molecular weight is 375 g/mol. The molecule has 0 radical (unpaired) electrons. The van der Waals surface area contributed by atoms with Crippen LogP contribution in [0.4, 0.5) is 11.4 Å². The number of carbonyl (C=O) groups is 1. The number of amides is 1. The predicted octanol–water partition coefficient (Wildman–Crippen LogP) is 3.71. The number of anilines is 2. The molecule has 1 atom stereocenters. The highest BCUT2D eigenvalue weighted by Crippen LogP contribution is 2.24. The number of sulfonamides is 1. The molecule has 0 aliphatic carbocycles. The van der Waals surface area contributed by atoms with Crippen LogP contribution in [0.15, 0.2) is 36.4 Å². The fourth-order valence-corrected chi connectivity index (χ4v) is 3.90. The summed E-state index contributed by atoms with van der Waals surface area (Å²) in [6, 6.07) is 10.1. The maximum atomic E-state index is 12.7. The van der Waals surface area contributed by atoms with Crippen LogP contribution in [0.1, 0.15) is 29.2 Å². The predicted molar refractivity (Wildman–Crippen MR) is 107 cm³/mol. The minimum atomic E-state index is -3.63. The summed E-state index contributed by atoms with van der Waals surface area (Å²) in [5.41, 5.74) is 5.36. The third-order valence-corrected chi connectivity index (χ3v) is 5.85. The van der Waals surface area contributed by atoms with E-state index in [1.165, 1.54) is 0 Å². The van der Waals surface area contributed by atoms with Crippen LogP contribution in [0.25, 0.3) is 0 Å². The molecule has 5 nitrogen and oxygen atoms in total. The summed E-state index contributed by atoms with van der Waals surface area (Å²) in [6.45, 7) is 9.42. The topological polar surface area (TPSA) is 66.5 Å². The van der Waals surface area contributed by atoms with E-state index in [1.807, 2.05) is 52.0 Å². The molecule has 2 rings (SSSR count). The number of rotatable bonds is 5. The van der Waals surface area contributed by atoms with Crippen LogP contribution in [0, 0.1) is 27.7 Å². The van der Waals surface area contributed by atoms with Crippen LogP contribution in [0.3, 0.4) is 0 Å². The molecule has 1 N–H and O–H groups in total. The number of hydrogen-bond donors (Lipinski definition) is 1. The summed E-state index contributed by atoms with van der Waals surface area (Å²) in [6.07, 6.45) is 1.11. The van der Waals surface area contributed by atoms with E-state index in [2.05, 4.69) is 5.32 Å². The van der Waals surface area contributed by atoms with Gasteiger partial charge < -0.3 is 5.32 Å². The first-order valence-corrected chi connectivity index (χ1v) is 10.3. The van der Waals surface area contributed by atoms with Crippen LogP contribution in [-0.2, 0) is 14.8 Å². The van der Waals surface area contributed by atoms with Crippen LogP contribution in [0.2, 0.25) is 0 Å². The summed E-state index contributed by atoms with van der Waals surface area (Å²) in [7, 11) is -3.63. The van der Waals surface area contributed by atoms with Crippen LogP contribution in [0.5, 0.6) is 0 Å². The molecule has 140 valence electrons. The van der Waals surface area contributed by atoms with Crippen molar-refractivity contribution in [2.24, 2.45) is 0 Å².